The molecule has 0 heterocycles. The zero-order valence-corrected chi connectivity index (χ0v) is 20.6. The van der Waals surface area contributed by atoms with Crippen molar-refractivity contribution in [1.29, 1.82) is 0 Å². The Bertz CT molecular complexity index is 1420. The molecule has 0 saturated heterocycles. The Morgan fingerprint density at radius 2 is 1.50 bits per heavy atom. The molecule has 0 radical (unpaired) electrons. The highest BCUT2D eigenvalue weighted by Crippen LogP contribution is 2.37. The number of carbonyl (C=O) groups is 3. The van der Waals surface area contributed by atoms with Gasteiger partial charge in [0, 0.05) is 17.5 Å². The second kappa shape index (κ2) is 10.4. The molecule has 0 unspecified atom stereocenters. The van der Waals surface area contributed by atoms with E-state index in [2.05, 4.69) is 4.72 Å². The maximum atomic E-state index is 13.5. The van der Waals surface area contributed by atoms with Gasteiger partial charge in [0.2, 0.25) is 10.0 Å². The zero-order valence-electron chi connectivity index (χ0n) is 19.8. The fourth-order valence-electron chi connectivity index (χ4n) is 4.07. The largest absolute Gasteiger partial charge is 0.465 e. The number of benzene rings is 3. The van der Waals surface area contributed by atoms with E-state index in [0.29, 0.717) is 16.7 Å². The van der Waals surface area contributed by atoms with Crippen LogP contribution in [0.5, 0.6) is 0 Å². The van der Waals surface area contributed by atoms with Crippen LogP contribution in [0.15, 0.2) is 77.7 Å². The molecule has 0 saturated carbocycles. The van der Waals surface area contributed by atoms with Crippen LogP contribution < -0.4 is 4.72 Å². The lowest BCUT2D eigenvalue weighted by Crippen LogP contribution is -2.47. The summed E-state index contributed by atoms with van der Waals surface area (Å²) in [6, 6.07) is 18.1. The van der Waals surface area contributed by atoms with E-state index in [4.69, 9.17) is 9.47 Å². The summed E-state index contributed by atoms with van der Waals surface area (Å²) in [7, 11) is -4.35. The van der Waals surface area contributed by atoms with Crippen LogP contribution >= 0.6 is 0 Å². The third-order valence-electron chi connectivity index (χ3n) is 5.81. The Balaban J connectivity index is 1.72. The third kappa shape index (κ3) is 4.93. The van der Waals surface area contributed by atoms with Crippen LogP contribution in [0, 0.1) is 0 Å². The number of fused-ring (bicyclic) bond motifs is 3. The Morgan fingerprint density at radius 1 is 0.861 bits per heavy atom. The summed E-state index contributed by atoms with van der Waals surface area (Å²) in [5.74, 6) is -1.79. The average molecular weight is 508 g/mol. The molecule has 1 N–H and O–H groups in total. The smallest absolute Gasteiger partial charge is 0.328 e. The second-order valence-corrected chi connectivity index (χ2v) is 9.82. The van der Waals surface area contributed by atoms with Crippen LogP contribution in [0.4, 0.5) is 0 Å². The number of ketones is 1. The van der Waals surface area contributed by atoms with Crippen molar-refractivity contribution in [3.05, 3.63) is 89.5 Å². The van der Waals surface area contributed by atoms with Crippen molar-refractivity contribution in [3.63, 3.8) is 0 Å². The fraction of sp³-hybridized carbons (Fsp3) is 0.222. The topological polar surface area (TPSA) is 116 Å². The average Bonchev–Trinajstić information content (AvgIpc) is 3.18. The van der Waals surface area contributed by atoms with Crippen molar-refractivity contribution in [2.75, 3.05) is 6.61 Å². The van der Waals surface area contributed by atoms with E-state index in [9.17, 15) is 22.8 Å². The molecule has 3 aromatic carbocycles. The summed E-state index contributed by atoms with van der Waals surface area (Å²) in [6.07, 6.45) is -1.24. The van der Waals surface area contributed by atoms with E-state index in [1.165, 1.54) is 12.1 Å². The first-order chi connectivity index (χ1) is 17.3. The Labute approximate surface area is 209 Å². The third-order valence-corrected chi connectivity index (χ3v) is 7.25. The number of ether oxygens (including phenoxy) is 2. The van der Waals surface area contributed by atoms with Gasteiger partial charge in [0.05, 0.1) is 11.5 Å². The maximum Gasteiger partial charge on any atom is 0.328 e. The van der Waals surface area contributed by atoms with Crippen molar-refractivity contribution in [2.24, 2.45) is 0 Å². The molecule has 3 aromatic rings. The molecule has 0 aliphatic heterocycles. The number of hydrogen-bond donors (Lipinski definition) is 1. The van der Waals surface area contributed by atoms with E-state index in [-0.39, 0.29) is 29.3 Å². The van der Waals surface area contributed by atoms with E-state index < -0.39 is 34.1 Å². The first kappa shape index (κ1) is 25.3. The standard InChI is InChI=1S/C27H25NO7S/c1-3-23(29)35-26(17-10-6-5-7-11-17)24(27(31)34-4-2)28-36(32,33)18-14-15-20-19-12-8-9-13-21(19)25(30)22(20)16-18/h5-16,24,26,28H,3-4H2,1-2H3/t24-,26+/m0/s1. The number of rotatable bonds is 9. The molecule has 2 atom stereocenters. The molecular formula is C27H25NO7S. The van der Waals surface area contributed by atoms with Crippen molar-refractivity contribution in [3.8, 4) is 11.1 Å². The second-order valence-electron chi connectivity index (χ2n) is 8.11. The molecule has 36 heavy (non-hydrogen) atoms. The number of esters is 2. The van der Waals surface area contributed by atoms with Crippen LogP contribution in [-0.2, 0) is 29.1 Å². The first-order valence-electron chi connectivity index (χ1n) is 11.5. The van der Waals surface area contributed by atoms with Gasteiger partial charge in [0.15, 0.2) is 17.9 Å². The van der Waals surface area contributed by atoms with Crippen LogP contribution in [0.25, 0.3) is 11.1 Å². The molecule has 0 amide bonds. The lowest BCUT2D eigenvalue weighted by atomic mass is 10.0. The van der Waals surface area contributed by atoms with Gasteiger partial charge in [0.25, 0.3) is 0 Å². The number of nitrogens with one attached hydrogen (secondary N) is 1. The van der Waals surface area contributed by atoms with Gasteiger partial charge >= 0.3 is 11.9 Å². The summed E-state index contributed by atoms with van der Waals surface area (Å²) >= 11 is 0. The molecule has 0 spiro atoms. The van der Waals surface area contributed by atoms with Crippen molar-refractivity contribution < 1.29 is 32.3 Å². The van der Waals surface area contributed by atoms with E-state index in [0.717, 1.165) is 5.56 Å². The van der Waals surface area contributed by atoms with Crippen molar-refractivity contribution >= 4 is 27.7 Å². The molecule has 4 rings (SSSR count). The van der Waals surface area contributed by atoms with Gasteiger partial charge in [-0.2, -0.15) is 4.72 Å². The number of hydrogen-bond acceptors (Lipinski definition) is 7. The monoisotopic (exact) mass is 507 g/mol. The van der Waals surface area contributed by atoms with Gasteiger partial charge in [-0.25, -0.2) is 8.42 Å². The van der Waals surface area contributed by atoms with Gasteiger partial charge in [-0.15, -0.1) is 0 Å². The molecule has 1 aliphatic carbocycles. The van der Waals surface area contributed by atoms with Gasteiger partial charge in [-0.05, 0) is 35.7 Å². The van der Waals surface area contributed by atoms with E-state index in [1.54, 1.807) is 74.5 Å². The quantitative estimate of drug-likeness (QED) is 0.343. The molecule has 0 fully saturated rings. The zero-order chi connectivity index (χ0) is 25.9. The minimum atomic E-state index is -4.35. The predicted molar refractivity (Wildman–Crippen MR) is 132 cm³/mol. The Hall–Kier alpha value is -3.82. The normalized spacial score (nSPS) is 13.9. The van der Waals surface area contributed by atoms with Gasteiger partial charge < -0.3 is 9.47 Å². The number of carbonyl (C=O) groups excluding carboxylic acids is 3. The SMILES string of the molecule is CCOC(=O)[C@@H](NS(=O)(=O)c1ccc2c(c1)C(=O)c1ccccc1-2)[C@H](OC(=O)CC)c1ccccc1. The molecule has 8 nitrogen and oxygen atoms in total. The van der Waals surface area contributed by atoms with E-state index in [1.807, 2.05) is 0 Å². The van der Waals surface area contributed by atoms with Gasteiger partial charge in [-0.3, -0.25) is 14.4 Å². The van der Waals surface area contributed by atoms with Crippen molar-refractivity contribution in [1.82, 2.24) is 4.72 Å². The molecule has 0 aromatic heterocycles. The van der Waals surface area contributed by atoms with Crippen LogP contribution in [0.2, 0.25) is 0 Å². The highest BCUT2D eigenvalue weighted by molar-refractivity contribution is 7.89. The van der Waals surface area contributed by atoms with E-state index >= 15 is 0 Å². The van der Waals surface area contributed by atoms with Gasteiger partial charge in [0.1, 0.15) is 0 Å². The van der Waals surface area contributed by atoms with Crippen LogP contribution in [0.1, 0.15) is 47.9 Å². The lowest BCUT2D eigenvalue weighted by molar-refractivity contribution is -0.158. The Kier molecular flexibility index (Phi) is 7.32. The molecule has 9 heteroatoms. The summed E-state index contributed by atoms with van der Waals surface area (Å²) < 4.78 is 39.9. The fourth-order valence-corrected chi connectivity index (χ4v) is 5.28. The summed E-state index contributed by atoms with van der Waals surface area (Å²) in [4.78, 5) is 37.8. The van der Waals surface area contributed by atoms with Crippen LogP contribution in [-0.4, -0.2) is 38.8 Å². The minimum Gasteiger partial charge on any atom is -0.465 e. The minimum absolute atomic E-state index is 0.00804. The summed E-state index contributed by atoms with van der Waals surface area (Å²) in [6.45, 7) is 3.17. The lowest BCUT2D eigenvalue weighted by Gasteiger charge is -2.26. The van der Waals surface area contributed by atoms with Gasteiger partial charge in [-0.1, -0.05) is 67.6 Å². The highest BCUT2D eigenvalue weighted by atomic mass is 32.2. The summed E-state index contributed by atoms with van der Waals surface area (Å²) in [5, 5.41) is 0. The molecule has 186 valence electrons. The molecule has 0 bridgehead atoms. The van der Waals surface area contributed by atoms with Crippen molar-refractivity contribution in [2.45, 2.75) is 37.3 Å². The molecule has 1 aliphatic rings. The maximum absolute atomic E-state index is 13.5. The molecular weight excluding hydrogens is 482 g/mol. The first-order valence-corrected chi connectivity index (χ1v) is 13.0. The Morgan fingerprint density at radius 3 is 2.17 bits per heavy atom. The van der Waals surface area contributed by atoms with Crippen LogP contribution in [0.3, 0.4) is 0 Å². The highest BCUT2D eigenvalue weighted by Gasteiger charge is 2.38. The predicted octanol–water partition coefficient (Wildman–Crippen LogP) is 3.80. The summed E-state index contributed by atoms with van der Waals surface area (Å²) in [5.41, 5.74) is 2.53. The number of sulfonamides is 1.